The third-order valence-electron chi connectivity index (χ3n) is 1.83. The molecule has 3 nitrogen and oxygen atoms in total. The van der Waals surface area contributed by atoms with Crippen LogP contribution in [0.5, 0.6) is 5.75 Å². The van der Waals surface area contributed by atoms with E-state index in [4.69, 9.17) is 4.42 Å². The second-order valence-corrected chi connectivity index (χ2v) is 2.80. The maximum atomic E-state index is 12.0. The number of ether oxygens (including phenoxy) is 1. The molecule has 1 heterocycles. The van der Waals surface area contributed by atoms with E-state index in [9.17, 15) is 13.6 Å². The lowest BCUT2D eigenvalue weighted by Crippen LogP contribution is -2.06. The summed E-state index contributed by atoms with van der Waals surface area (Å²) in [5.41, 5.74) is -0.495. The molecule has 0 saturated carbocycles. The highest BCUT2D eigenvalue weighted by Crippen LogP contribution is 2.24. The molecule has 0 amide bonds. The van der Waals surface area contributed by atoms with E-state index in [1.54, 1.807) is 12.1 Å². The van der Waals surface area contributed by atoms with Crippen LogP contribution in [0.25, 0.3) is 11.0 Å². The Labute approximate surface area is 82.9 Å². The Morgan fingerprint density at radius 3 is 2.73 bits per heavy atom. The van der Waals surface area contributed by atoms with Gasteiger partial charge in [-0.1, -0.05) is 12.1 Å². The molecule has 0 aliphatic rings. The Morgan fingerprint density at radius 2 is 2.00 bits per heavy atom. The maximum absolute atomic E-state index is 12.0. The number of hydrogen-bond donors (Lipinski definition) is 0. The van der Waals surface area contributed by atoms with Crippen LogP contribution in [0.15, 0.2) is 39.5 Å². The number of hydrogen-bond acceptors (Lipinski definition) is 3. The standard InChI is InChI=1S/C10H6F2O3/c11-10(12)15-8-5-9(13)14-7-4-2-1-3-6(7)8/h1-5,10H. The molecule has 0 aliphatic carbocycles. The molecule has 1 aromatic heterocycles. The molecule has 0 unspecified atom stereocenters. The zero-order valence-corrected chi connectivity index (χ0v) is 7.44. The number of halogens is 2. The molecule has 15 heavy (non-hydrogen) atoms. The highest BCUT2D eigenvalue weighted by molar-refractivity contribution is 5.82. The fourth-order valence-electron chi connectivity index (χ4n) is 1.28. The van der Waals surface area contributed by atoms with Gasteiger partial charge < -0.3 is 9.15 Å². The molecular weight excluding hydrogens is 206 g/mol. The molecule has 2 rings (SSSR count). The van der Waals surface area contributed by atoms with Crippen LogP contribution in [0.4, 0.5) is 8.78 Å². The van der Waals surface area contributed by atoms with E-state index in [2.05, 4.69) is 4.74 Å². The van der Waals surface area contributed by atoms with E-state index < -0.39 is 12.2 Å². The van der Waals surface area contributed by atoms with Crippen molar-refractivity contribution in [1.29, 1.82) is 0 Å². The minimum atomic E-state index is -2.96. The number of fused-ring (bicyclic) bond motifs is 1. The minimum Gasteiger partial charge on any atom is -0.434 e. The summed E-state index contributed by atoms with van der Waals surface area (Å²) >= 11 is 0. The molecule has 0 N–H and O–H groups in total. The Balaban J connectivity index is 2.66. The third kappa shape index (κ3) is 1.96. The van der Waals surface area contributed by atoms with E-state index in [1.807, 2.05) is 0 Å². The fraction of sp³-hybridized carbons (Fsp3) is 0.100. The lowest BCUT2D eigenvalue weighted by Gasteiger charge is -2.05. The number of rotatable bonds is 2. The first-order chi connectivity index (χ1) is 7.16. The predicted octanol–water partition coefficient (Wildman–Crippen LogP) is 2.39. The van der Waals surface area contributed by atoms with Crippen LogP contribution in [-0.2, 0) is 0 Å². The van der Waals surface area contributed by atoms with Crippen LogP contribution in [-0.4, -0.2) is 6.61 Å². The van der Waals surface area contributed by atoms with Crippen LogP contribution >= 0.6 is 0 Å². The lowest BCUT2D eigenvalue weighted by atomic mass is 10.2. The minimum absolute atomic E-state index is 0.170. The van der Waals surface area contributed by atoms with Crippen molar-refractivity contribution in [3.8, 4) is 5.75 Å². The van der Waals surface area contributed by atoms with Crippen LogP contribution in [0.1, 0.15) is 0 Å². The van der Waals surface area contributed by atoms with Gasteiger partial charge in [0.25, 0.3) is 0 Å². The van der Waals surface area contributed by atoms with E-state index in [1.165, 1.54) is 12.1 Å². The highest BCUT2D eigenvalue weighted by atomic mass is 19.3. The van der Waals surface area contributed by atoms with Gasteiger partial charge in [-0.05, 0) is 12.1 Å². The van der Waals surface area contributed by atoms with Crippen LogP contribution in [0.2, 0.25) is 0 Å². The molecule has 0 radical (unpaired) electrons. The topological polar surface area (TPSA) is 39.4 Å². The van der Waals surface area contributed by atoms with Gasteiger partial charge in [0.15, 0.2) is 0 Å². The number of para-hydroxylation sites is 1. The van der Waals surface area contributed by atoms with Gasteiger partial charge in [0.05, 0.1) is 11.5 Å². The normalized spacial score (nSPS) is 10.9. The zero-order valence-electron chi connectivity index (χ0n) is 7.44. The van der Waals surface area contributed by atoms with Gasteiger partial charge in [-0.25, -0.2) is 4.79 Å². The highest BCUT2D eigenvalue weighted by Gasteiger charge is 2.10. The summed E-state index contributed by atoms with van der Waals surface area (Å²) in [4.78, 5) is 11.0. The smallest absolute Gasteiger partial charge is 0.387 e. The van der Waals surface area contributed by atoms with Crippen molar-refractivity contribution < 1.29 is 17.9 Å². The van der Waals surface area contributed by atoms with E-state index in [-0.39, 0.29) is 11.3 Å². The van der Waals surface area contributed by atoms with Crippen LogP contribution in [0.3, 0.4) is 0 Å². The summed E-state index contributed by atoms with van der Waals surface area (Å²) in [5, 5.41) is 0.345. The third-order valence-corrected chi connectivity index (χ3v) is 1.83. The van der Waals surface area contributed by atoms with E-state index in [0.717, 1.165) is 6.07 Å². The Bertz CT molecular complexity index is 533. The van der Waals surface area contributed by atoms with Crippen molar-refractivity contribution >= 4 is 11.0 Å². The molecule has 0 aliphatic heterocycles. The van der Waals surface area contributed by atoms with Gasteiger partial charge >= 0.3 is 12.2 Å². The van der Waals surface area contributed by atoms with Gasteiger partial charge in [0.2, 0.25) is 0 Å². The molecule has 78 valence electrons. The van der Waals surface area contributed by atoms with Gasteiger partial charge in [0, 0.05) is 0 Å². The van der Waals surface area contributed by atoms with Crippen molar-refractivity contribution in [2.75, 3.05) is 0 Å². The molecule has 1 aromatic carbocycles. The maximum Gasteiger partial charge on any atom is 0.387 e. The molecule has 0 atom stereocenters. The van der Waals surface area contributed by atoms with Crippen molar-refractivity contribution in [2.24, 2.45) is 0 Å². The van der Waals surface area contributed by atoms with Gasteiger partial charge in [-0.3, -0.25) is 0 Å². The van der Waals surface area contributed by atoms with Gasteiger partial charge in [-0.2, -0.15) is 8.78 Å². The summed E-state index contributed by atoms with van der Waals surface area (Å²) in [5.74, 6) is -0.170. The molecule has 0 spiro atoms. The second-order valence-electron chi connectivity index (χ2n) is 2.80. The molecule has 5 heteroatoms. The largest absolute Gasteiger partial charge is 0.434 e. The summed E-state index contributed by atoms with van der Waals surface area (Å²) < 4.78 is 33.1. The lowest BCUT2D eigenvalue weighted by molar-refractivity contribution is -0.0490. The number of alkyl halides is 2. The average molecular weight is 212 g/mol. The first-order valence-corrected chi connectivity index (χ1v) is 4.14. The predicted molar refractivity (Wildman–Crippen MR) is 49.1 cm³/mol. The van der Waals surface area contributed by atoms with Gasteiger partial charge in [0.1, 0.15) is 11.3 Å². The Hall–Kier alpha value is -1.91. The van der Waals surface area contributed by atoms with E-state index in [0.29, 0.717) is 5.39 Å². The van der Waals surface area contributed by atoms with Crippen molar-refractivity contribution in [3.63, 3.8) is 0 Å². The van der Waals surface area contributed by atoms with Crippen LogP contribution < -0.4 is 10.4 Å². The molecular formula is C10H6F2O3. The summed E-state index contributed by atoms with van der Waals surface area (Å²) in [6.45, 7) is -2.96. The Morgan fingerprint density at radius 1 is 1.27 bits per heavy atom. The van der Waals surface area contributed by atoms with Crippen molar-refractivity contribution in [1.82, 2.24) is 0 Å². The fourth-order valence-corrected chi connectivity index (χ4v) is 1.28. The molecule has 0 bridgehead atoms. The monoisotopic (exact) mass is 212 g/mol. The first-order valence-electron chi connectivity index (χ1n) is 4.14. The van der Waals surface area contributed by atoms with Crippen LogP contribution in [0, 0.1) is 0 Å². The zero-order chi connectivity index (χ0) is 10.8. The van der Waals surface area contributed by atoms with Gasteiger partial charge in [-0.15, -0.1) is 0 Å². The first kappa shape index (κ1) is 9.64. The van der Waals surface area contributed by atoms with Crippen molar-refractivity contribution in [2.45, 2.75) is 6.61 Å². The summed E-state index contributed by atoms with van der Waals surface area (Å²) in [6, 6.07) is 7.22. The summed E-state index contributed by atoms with van der Waals surface area (Å²) in [7, 11) is 0. The quantitative estimate of drug-likeness (QED) is 0.717. The molecule has 2 aromatic rings. The SMILES string of the molecule is O=c1cc(OC(F)F)c2ccccc2o1. The number of benzene rings is 1. The molecule has 0 fully saturated rings. The second kappa shape index (κ2) is 3.68. The molecule has 0 saturated heterocycles. The average Bonchev–Trinajstić information content (AvgIpc) is 2.16. The van der Waals surface area contributed by atoms with E-state index >= 15 is 0 Å². The Kier molecular flexibility index (Phi) is 2.37. The summed E-state index contributed by atoms with van der Waals surface area (Å²) in [6.07, 6.45) is 0. The van der Waals surface area contributed by atoms with Crippen molar-refractivity contribution in [3.05, 3.63) is 40.8 Å².